The molecule has 0 fully saturated rings. The molecule has 5 heteroatoms. The van der Waals surface area contributed by atoms with Gasteiger partial charge in [-0.2, -0.15) is 0 Å². The lowest BCUT2D eigenvalue weighted by Crippen LogP contribution is -2.13. The first-order chi connectivity index (χ1) is 12.2. The molecule has 2 aromatic rings. The Bertz CT molecular complexity index is 676. The summed E-state index contributed by atoms with van der Waals surface area (Å²) in [6.45, 7) is 4.29. The number of ether oxygens (including phenoxy) is 3. The van der Waals surface area contributed by atoms with E-state index in [1.165, 1.54) is 5.56 Å². The second kappa shape index (κ2) is 10.2. The first kappa shape index (κ1) is 19.4. The van der Waals surface area contributed by atoms with E-state index in [9.17, 15) is 0 Å². The van der Waals surface area contributed by atoms with E-state index < -0.39 is 0 Å². The zero-order valence-corrected chi connectivity index (χ0v) is 15.9. The summed E-state index contributed by atoms with van der Waals surface area (Å²) >= 11 is 6.32. The summed E-state index contributed by atoms with van der Waals surface area (Å²) in [5, 5.41) is 4.06. The van der Waals surface area contributed by atoms with Gasteiger partial charge in [-0.15, -0.1) is 0 Å². The first-order valence-electron chi connectivity index (χ1n) is 8.50. The summed E-state index contributed by atoms with van der Waals surface area (Å²) in [7, 11) is 3.22. The Morgan fingerprint density at radius 2 is 1.76 bits per heavy atom. The molecular formula is C20H26ClNO3. The SMILES string of the molecule is CCCCOc1cccc(CNCc2cc(OC)c(OC)cc2Cl)c1. The van der Waals surface area contributed by atoms with Gasteiger partial charge >= 0.3 is 0 Å². The van der Waals surface area contributed by atoms with E-state index in [1.54, 1.807) is 20.3 Å². The highest BCUT2D eigenvalue weighted by atomic mass is 35.5. The van der Waals surface area contributed by atoms with Crippen LogP contribution in [0.15, 0.2) is 36.4 Å². The first-order valence-corrected chi connectivity index (χ1v) is 8.88. The molecule has 2 aromatic carbocycles. The van der Waals surface area contributed by atoms with Crippen LogP contribution in [0.2, 0.25) is 5.02 Å². The van der Waals surface area contributed by atoms with Crippen LogP contribution in [0.4, 0.5) is 0 Å². The van der Waals surface area contributed by atoms with Crippen LogP contribution in [0.25, 0.3) is 0 Å². The van der Waals surface area contributed by atoms with Crippen molar-refractivity contribution in [3.63, 3.8) is 0 Å². The van der Waals surface area contributed by atoms with Gasteiger partial charge in [0.1, 0.15) is 5.75 Å². The fourth-order valence-corrected chi connectivity index (χ4v) is 2.67. The minimum absolute atomic E-state index is 0.633. The van der Waals surface area contributed by atoms with E-state index in [2.05, 4.69) is 24.4 Å². The molecule has 0 bridgehead atoms. The molecule has 0 aliphatic rings. The van der Waals surface area contributed by atoms with Crippen LogP contribution < -0.4 is 19.5 Å². The molecule has 0 aliphatic carbocycles. The van der Waals surface area contributed by atoms with Crippen LogP contribution in [0.5, 0.6) is 17.2 Å². The minimum atomic E-state index is 0.633. The summed E-state index contributed by atoms with van der Waals surface area (Å²) in [5.74, 6) is 2.22. The van der Waals surface area contributed by atoms with Crippen molar-refractivity contribution in [3.8, 4) is 17.2 Å². The van der Waals surface area contributed by atoms with Crippen molar-refractivity contribution in [2.45, 2.75) is 32.9 Å². The monoisotopic (exact) mass is 363 g/mol. The summed E-state index contributed by atoms with van der Waals surface area (Å²) in [6.07, 6.45) is 2.20. The maximum Gasteiger partial charge on any atom is 0.162 e. The summed E-state index contributed by atoms with van der Waals surface area (Å²) in [5.41, 5.74) is 2.14. The Morgan fingerprint density at radius 1 is 1.00 bits per heavy atom. The van der Waals surface area contributed by atoms with E-state index in [0.717, 1.165) is 37.3 Å². The van der Waals surface area contributed by atoms with Gasteiger partial charge in [-0.1, -0.05) is 37.1 Å². The smallest absolute Gasteiger partial charge is 0.162 e. The molecule has 0 amide bonds. The van der Waals surface area contributed by atoms with E-state index >= 15 is 0 Å². The van der Waals surface area contributed by atoms with Crippen molar-refractivity contribution in [1.29, 1.82) is 0 Å². The molecule has 4 nitrogen and oxygen atoms in total. The van der Waals surface area contributed by atoms with E-state index in [1.807, 2.05) is 18.2 Å². The van der Waals surface area contributed by atoms with Crippen LogP contribution in [0.1, 0.15) is 30.9 Å². The number of rotatable bonds is 10. The molecule has 136 valence electrons. The van der Waals surface area contributed by atoms with Crippen LogP contribution >= 0.6 is 11.6 Å². The molecule has 0 aliphatic heterocycles. The maximum atomic E-state index is 6.32. The van der Waals surface area contributed by atoms with E-state index in [4.69, 9.17) is 25.8 Å². The molecule has 2 rings (SSSR count). The number of nitrogens with one attached hydrogen (secondary N) is 1. The van der Waals surface area contributed by atoms with E-state index in [-0.39, 0.29) is 0 Å². The normalized spacial score (nSPS) is 10.6. The van der Waals surface area contributed by atoms with Gasteiger partial charge in [0.05, 0.1) is 20.8 Å². The third kappa shape index (κ3) is 5.83. The molecule has 0 aromatic heterocycles. The highest BCUT2D eigenvalue weighted by molar-refractivity contribution is 6.31. The Labute approximate surface area is 155 Å². The maximum absolute atomic E-state index is 6.32. The third-order valence-corrected chi connectivity index (χ3v) is 4.21. The van der Waals surface area contributed by atoms with Crippen molar-refractivity contribution >= 4 is 11.6 Å². The molecule has 0 unspecified atom stereocenters. The fourth-order valence-electron chi connectivity index (χ4n) is 2.45. The fraction of sp³-hybridized carbons (Fsp3) is 0.400. The minimum Gasteiger partial charge on any atom is -0.494 e. The predicted molar refractivity (Wildman–Crippen MR) is 102 cm³/mol. The Morgan fingerprint density at radius 3 is 2.48 bits per heavy atom. The number of unbranched alkanes of at least 4 members (excludes halogenated alkanes) is 1. The molecule has 0 atom stereocenters. The van der Waals surface area contributed by atoms with Crippen LogP contribution in [-0.4, -0.2) is 20.8 Å². The highest BCUT2D eigenvalue weighted by Gasteiger charge is 2.09. The number of benzene rings is 2. The Hall–Kier alpha value is -1.91. The number of methoxy groups -OCH3 is 2. The molecule has 0 radical (unpaired) electrons. The van der Waals surface area contributed by atoms with Crippen LogP contribution in [0, 0.1) is 0 Å². The largest absolute Gasteiger partial charge is 0.494 e. The van der Waals surface area contributed by atoms with Crippen molar-refractivity contribution in [2.24, 2.45) is 0 Å². The van der Waals surface area contributed by atoms with Gasteiger partial charge < -0.3 is 19.5 Å². The predicted octanol–water partition coefficient (Wildman–Crippen LogP) is 4.83. The zero-order valence-electron chi connectivity index (χ0n) is 15.1. The van der Waals surface area contributed by atoms with Gasteiger partial charge in [0, 0.05) is 24.2 Å². The molecule has 0 heterocycles. The molecule has 25 heavy (non-hydrogen) atoms. The van der Waals surface area contributed by atoms with Crippen molar-refractivity contribution in [1.82, 2.24) is 5.32 Å². The molecular weight excluding hydrogens is 338 g/mol. The average Bonchev–Trinajstić information content (AvgIpc) is 2.63. The van der Waals surface area contributed by atoms with Crippen LogP contribution in [0.3, 0.4) is 0 Å². The highest BCUT2D eigenvalue weighted by Crippen LogP contribution is 2.33. The number of halogens is 1. The molecule has 0 saturated carbocycles. The van der Waals surface area contributed by atoms with E-state index in [0.29, 0.717) is 23.1 Å². The van der Waals surface area contributed by atoms with Gasteiger partial charge in [0.2, 0.25) is 0 Å². The standard InChI is InChI=1S/C20H26ClNO3/c1-4-5-9-25-17-8-6-7-15(10-17)13-22-14-16-11-19(23-2)20(24-3)12-18(16)21/h6-8,10-12,22H,4-5,9,13-14H2,1-3H3. The van der Waals surface area contributed by atoms with Gasteiger partial charge in [-0.25, -0.2) is 0 Å². The lowest BCUT2D eigenvalue weighted by atomic mass is 10.1. The number of hydrogen-bond donors (Lipinski definition) is 1. The molecule has 0 saturated heterocycles. The summed E-state index contributed by atoms with van der Waals surface area (Å²) in [6, 6.07) is 11.8. The van der Waals surface area contributed by atoms with Gasteiger partial charge in [0.25, 0.3) is 0 Å². The number of hydrogen-bond acceptors (Lipinski definition) is 4. The van der Waals surface area contributed by atoms with Crippen molar-refractivity contribution < 1.29 is 14.2 Å². The zero-order chi connectivity index (χ0) is 18.1. The van der Waals surface area contributed by atoms with Crippen molar-refractivity contribution in [2.75, 3.05) is 20.8 Å². The quantitative estimate of drug-likeness (QED) is 0.614. The summed E-state index contributed by atoms with van der Waals surface area (Å²) in [4.78, 5) is 0. The lowest BCUT2D eigenvalue weighted by Gasteiger charge is -2.13. The second-order valence-corrected chi connectivity index (χ2v) is 6.16. The molecule has 0 spiro atoms. The molecule has 1 N–H and O–H groups in total. The Kier molecular flexibility index (Phi) is 7.89. The van der Waals surface area contributed by atoms with Gasteiger partial charge in [-0.3, -0.25) is 0 Å². The van der Waals surface area contributed by atoms with Crippen molar-refractivity contribution in [3.05, 3.63) is 52.5 Å². The second-order valence-electron chi connectivity index (χ2n) is 5.75. The average molecular weight is 364 g/mol. The lowest BCUT2D eigenvalue weighted by molar-refractivity contribution is 0.309. The van der Waals surface area contributed by atoms with Gasteiger partial charge in [-0.05, 0) is 35.7 Å². The Balaban J connectivity index is 1.93. The third-order valence-electron chi connectivity index (χ3n) is 3.86. The van der Waals surface area contributed by atoms with Gasteiger partial charge in [0.15, 0.2) is 11.5 Å². The summed E-state index contributed by atoms with van der Waals surface area (Å²) < 4.78 is 16.3. The van der Waals surface area contributed by atoms with Crippen LogP contribution in [-0.2, 0) is 13.1 Å². The topological polar surface area (TPSA) is 39.7 Å².